The fourth-order valence-electron chi connectivity index (χ4n) is 4.49. The van der Waals surface area contributed by atoms with Crippen molar-refractivity contribution >= 4 is 23.2 Å². The fraction of sp³-hybridized carbons (Fsp3) is 0.280. The van der Waals surface area contributed by atoms with Gasteiger partial charge in [0.05, 0.1) is 18.8 Å². The molecule has 0 radical (unpaired) electrons. The summed E-state index contributed by atoms with van der Waals surface area (Å²) in [6, 6.07) is 10.8. The maximum atomic E-state index is 14.1. The van der Waals surface area contributed by atoms with Crippen molar-refractivity contribution in [2.75, 3.05) is 13.7 Å². The maximum Gasteiger partial charge on any atom is 0.433 e. The summed E-state index contributed by atoms with van der Waals surface area (Å²) < 4.78 is 48.0. The zero-order chi connectivity index (χ0) is 25.4. The first kappa shape index (κ1) is 24.1. The van der Waals surface area contributed by atoms with Gasteiger partial charge in [0.1, 0.15) is 10.8 Å². The van der Waals surface area contributed by atoms with E-state index in [9.17, 15) is 18.0 Å². The van der Waals surface area contributed by atoms with E-state index in [1.165, 1.54) is 7.11 Å². The highest BCUT2D eigenvalue weighted by molar-refractivity contribution is 6.36. The van der Waals surface area contributed by atoms with Crippen LogP contribution in [-0.4, -0.2) is 44.0 Å². The summed E-state index contributed by atoms with van der Waals surface area (Å²) in [7, 11) is 1.46. The molecule has 4 aromatic rings. The number of alkyl halides is 3. The minimum absolute atomic E-state index is 0.0285. The summed E-state index contributed by atoms with van der Waals surface area (Å²) in [5.41, 5.74) is -0.328. The number of carbonyl (C=O) groups excluding carboxylic acids is 1. The summed E-state index contributed by atoms with van der Waals surface area (Å²) in [4.78, 5) is 23.7. The van der Waals surface area contributed by atoms with Crippen molar-refractivity contribution < 1.29 is 22.7 Å². The van der Waals surface area contributed by atoms with Crippen molar-refractivity contribution in [3.8, 4) is 17.0 Å². The fourth-order valence-corrected chi connectivity index (χ4v) is 4.73. The third-order valence-corrected chi connectivity index (χ3v) is 6.57. The molecular weight excluding hydrogens is 495 g/mol. The quantitative estimate of drug-likeness (QED) is 0.341. The Morgan fingerprint density at radius 2 is 2.00 bits per heavy atom. The van der Waals surface area contributed by atoms with Gasteiger partial charge in [0.15, 0.2) is 17.0 Å². The van der Waals surface area contributed by atoms with Crippen LogP contribution < -0.4 is 4.74 Å². The van der Waals surface area contributed by atoms with Gasteiger partial charge in [-0.05, 0) is 49.1 Å². The number of hydrogen-bond donors (Lipinski definition) is 0. The minimum atomic E-state index is -4.77. The van der Waals surface area contributed by atoms with Crippen molar-refractivity contribution in [3.63, 3.8) is 0 Å². The SMILES string of the molecule is COc1cccc(-c2cc(C(F)(F)F)n3nc(C(=O)N4CCCC[C@@H]4c4cccnc4)c(Cl)c3n2)c1. The van der Waals surface area contributed by atoms with Crippen LogP contribution in [0.25, 0.3) is 16.9 Å². The number of fused-ring (bicyclic) bond motifs is 1. The molecule has 0 spiro atoms. The first-order valence-corrected chi connectivity index (χ1v) is 11.7. The van der Waals surface area contributed by atoms with Gasteiger partial charge >= 0.3 is 6.18 Å². The first-order chi connectivity index (χ1) is 17.3. The average molecular weight is 516 g/mol. The monoisotopic (exact) mass is 515 g/mol. The highest BCUT2D eigenvalue weighted by Crippen LogP contribution is 2.37. The van der Waals surface area contributed by atoms with E-state index in [1.807, 2.05) is 6.07 Å². The number of hydrogen-bond acceptors (Lipinski definition) is 5. The van der Waals surface area contributed by atoms with Gasteiger partial charge in [-0.2, -0.15) is 18.3 Å². The van der Waals surface area contributed by atoms with Crippen molar-refractivity contribution in [2.45, 2.75) is 31.5 Å². The Bertz CT molecular complexity index is 1420. The topological polar surface area (TPSA) is 72.6 Å². The molecule has 1 aliphatic heterocycles. The summed E-state index contributed by atoms with van der Waals surface area (Å²) in [5, 5.41) is 3.79. The van der Waals surface area contributed by atoms with Gasteiger partial charge in [-0.3, -0.25) is 9.78 Å². The van der Waals surface area contributed by atoms with E-state index >= 15 is 0 Å². The summed E-state index contributed by atoms with van der Waals surface area (Å²) in [6.07, 6.45) is 0.931. The Morgan fingerprint density at radius 1 is 1.17 bits per heavy atom. The number of aromatic nitrogens is 4. The number of nitrogens with zero attached hydrogens (tertiary/aromatic N) is 5. The lowest BCUT2D eigenvalue weighted by atomic mass is 9.96. The lowest BCUT2D eigenvalue weighted by molar-refractivity contribution is -0.142. The number of methoxy groups -OCH3 is 1. The van der Waals surface area contributed by atoms with Crippen LogP contribution in [-0.2, 0) is 6.18 Å². The van der Waals surface area contributed by atoms with E-state index in [0.717, 1.165) is 24.5 Å². The van der Waals surface area contributed by atoms with Crippen LogP contribution in [0.2, 0.25) is 5.02 Å². The number of likely N-dealkylation sites (tertiary alicyclic amines) is 1. The van der Waals surface area contributed by atoms with Gasteiger partial charge in [0, 0.05) is 24.5 Å². The van der Waals surface area contributed by atoms with Gasteiger partial charge < -0.3 is 9.64 Å². The highest BCUT2D eigenvalue weighted by Gasteiger charge is 2.38. The van der Waals surface area contributed by atoms with Crippen molar-refractivity contribution in [2.24, 2.45) is 0 Å². The third-order valence-electron chi connectivity index (χ3n) is 6.22. The molecule has 7 nitrogen and oxygen atoms in total. The first-order valence-electron chi connectivity index (χ1n) is 11.3. The Hall–Kier alpha value is -3.66. The number of benzene rings is 1. The molecule has 1 aromatic carbocycles. The van der Waals surface area contributed by atoms with Crippen LogP contribution in [0, 0.1) is 0 Å². The molecule has 1 atom stereocenters. The smallest absolute Gasteiger partial charge is 0.433 e. The van der Waals surface area contributed by atoms with Crippen LogP contribution in [0.4, 0.5) is 13.2 Å². The predicted octanol–water partition coefficient (Wildman–Crippen LogP) is 5.84. The van der Waals surface area contributed by atoms with Crippen LogP contribution >= 0.6 is 11.6 Å². The van der Waals surface area contributed by atoms with Gasteiger partial charge in [0.2, 0.25) is 0 Å². The summed E-state index contributed by atoms with van der Waals surface area (Å²) in [5.74, 6) is -0.0835. The molecule has 36 heavy (non-hydrogen) atoms. The molecule has 0 bridgehead atoms. The largest absolute Gasteiger partial charge is 0.497 e. The number of pyridine rings is 1. The summed E-state index contributed by atoms with van der Waals surface area (Å²) >= 11 is 6.51. The van der Waals surface area contributed by atoms with Crippen LogP contribution in [0.15, 0.2) is 54.9 Å². The Kier molecular flexibility index (Phi) is 6.29. The van der Waals surface area contributed by atoms with Crippen LogP contribution in [0.5, 0.6) is 5.75 Å². The standard InChI is InChI=1S/C25H21ClF3N5O2/c1-36-17-8-4-6-15(12-17)18-13-20(25(27,28)29)34-23(31-18)21(26)22(32-34)24(35)33-11-3-2-9-19(33)16-7-5-10-30-14-16/h4-8,10,12-14,19H,2-3,9,11H2,1H3/t19-/m1/s1. The third kappa shape index (κ3) is 4.37. The zero-order valence-electron chi connectivity index (χ0n) is 19.2. The Morgan fingerprint density at radius 3 is 2.72 bits per heavy atom. The molecular formula is C25H21ClF3N5O2. The van der Waals surface area contributed by atoms with Crippen molar-refractivity contribution in [1.82, 2.24) is 24.5 Å². The molecule has 1 saturated heterocycles. The molecule has 0 N–H and O–H groups in total. The molecule has 0 unspecified atom stereocenters. The Labute approximate surface area is 209 Å². The number of carbonyl (C=O) groups is 1. The molecule has 1 aliphatic rings. The molecule has 0 saturated carbocycles. The summed E-state index contributed by atoms with van der Waals surface area (Å²) in [6.45, 7) is 0.428. The Balaban J connectivity index is 1.63. The van der Waals surface area contributed by atoms with Crippen LogP contribution in [0.3, 0.4) is 0 Å². The van der Waals surface area contributed by atoms with E-state index in [4.69, 9.17) is 16.3 Å². The van der Waals surface area contributed by atoms with E-state index in [0.29, 0.717) is 28.8 Å². The molecule has 1 fully saturated rings. The van der Waals surface area contributed by atoms with Gasteiger partial charge in [0.25, 0.3) is 5.91 Å². The lowest BCUT2D eigenvalue weighted by Gasteiger charge is -2.35. The number of halogens is 4. The molecule has 4 heterocycles. The second kappa shape index (κ2) is 9.42. The van der Waals surface area contributed by atoms with E-state index < -0.39 is 17.8 Å². The van der Waals surface area contributed by atoms with Crippen LogP contribution in [0.1, 0.15) is 47.1 Å². The zero-order valence-corrected chi connectivity index (χ0v) is 19.9. The maximum absolute atomic E-state index is 14.1. The molecule has 3 aromatic heterocycles. The molecule has 0 aliphatic carbocycles. The van der Waals surface area contributed by atoms with Gasteiger partial charge in [-0.25, -0.2) is 9.50 Å². The van der Waals surface area contributed by atoms with E-state index in [1.54, 1.807) is 47.6 Å². The average Bonchev–Trinajstić information content (AvgIpc) is 3.23. The van der Waals surface area contributed by atoms with Crippen molar-refractivity contribution in [1.29, 1.82) is 0 Å². The highest BCUT2D eigenvalue weighted by atomic mass is 35.5. The number of piperidine rings is 1. The second-order valence-corrected chi connectivity index (χ2v) is 8.83. The van der Waals surface area contributed by atoms with E-state index in [2.05, 4.69) is 15.1 Å². The van der Waals surface area contributed by atoms with Gasteiger partial charge in [-0.1, -0.05) is 29.8 Å². The predicted molar refractivity (Wildman–Crippen MR) is 127 cm³/mol. The number of amides is 1. The molecule has 11 heteroatoms. The molecule has 1 amide bonds. The molecule has 5 rings (SSSR count). The van der Waals surface area contributed by atoms with Gasteiger partial charge in [-0.15, -0.1) is 0 Å². The lowest BCUT2D eigenvalue weighted by Crippen LogP contribution is -2.39. The molecule has 186 valence electrons. The van der Waals surface area contributed by atoms with Crippen molar-refractivity contribution in [3.05, 3.63) is 76.8 Å². The second-order valence-electron chi connectivity index (χ2n) is 8.45. The number of ether oxygens (including phenoxy) is 1. The minimum Gasteiger partial charge on any atom is -0.497 e. The normalized spacial score (nSPS) is 16.4. The van der Waals surface area contributed by atoms with E-state index in [-0.39, 0.29) is 28.1 Å². The number of rotatable bonds is 4.